The third-order valence-corrected chi connectivity index (χ3v) is 4.78. The van der Waals surface area contributed by atoms with Gasteiger partial charge in [0.05, 0.1) is 0 Å². The van der Waals surface area contributed by atoms with Crippen LogP contribution in [0.15, 0.2) is 28.1 Å². The fourth-order valence-electron chi connectivity index (χ4n) is 1.90. The third-order valence-electron chi connectivity index (χ3n) is 3.03. The van der Waals surface area contributed by atoms with E-state index in [0.29, 0.717) is 0 Å². The van der Waals surface area contributed by atoms with Crippen molar-refractivity contribution in [3.63, 3.8) is 0 Å². The van der Waals surface area contributed by atoms with Crippen LogP contribution in [0, 0.1) is 20.8 Å². The lowest BCUT2D eigenvalue weighted by Gasteiger charge is -2.14. The van der Waals surface area contributed by atoms with Crippen LogP contribution in [0.25, 0.3) is 0 Å². The topological polar surface area (TPSA) is 20.2 Å². The van der Waals surface area contributed by atoms with Gasteiger partial charge in [0.15, 0.2) is 0 Å². The smallest absolute Gasteiger partial charge is 0.113 e. The molecule has 17 heavy (non-hydrogen) atoms. The number of hydrogen-bond donors (Lipinski definition) is 1. The van der Waals surface area contributed by atoms with Gasteiger partial charge in [0.25, 0.3) is 0 Å². The van der Waals surface area contributed by atoms with Gasteiger partial charge in [-0.15, -0.1) is 11.3 Å². The first-order valence-electron chi connectivity index (χ1n) is 5.49. The van der Waals surface area contributed by atoms with Gasteiger partial charge in [-0.2, -0.15) is 0 Å². The van der Waals surface area contributed by atoms with Crippen molar-refractivity contribution < 1.29 is 5.11 Å². The molecular weight excluding hydrogens is 296 g/mol. The van der Waals surface area contributed by atoms with E-state index in [9.17, 15) is 5.11 Å². The molecule has 0 aliphatic rings. The number of aryl methyl sites for hydroxylation is 3. The van der Waals surface area contributed by atoms with Crippen LogP contribution in [0.5, 0.6) is 0 Å². The molecule has 0 amide bonds. The van der Waals surface area contributed by atoms with Crippen molar-refractivity contribution >= 4 is 27.3 Å². The molecule has 2 rings (SSSR count). The predicted octanol–water partition coefficient (Wildman–Crippen LogP) is 4.52. The van der Waals surface area contributed by atoms with Crippen molar-refractivity contribution in [2.75, 3.05) is 0 Å². The second-order valence-electron chi connectivity index (χ2n) is 4.36. The molecule has 90 valence electrons. The summed E-state index contributed by atoms with van der Waals surface area (Å²) in [6, 6.07) is 6.20. The Kier molecular flexibility index (Phi) is 3.71. The summed E-state index contributed by atoms with van der Waals surface area (Å²) in [7, 11) is 0. The van der Waals surface area contributed by atoms with Gasteiger partial charge in [0.1, 0.15) is 6.10 Å². The molecule has 1 nitrogen and oxygen atoms in total. The van der Waals surface area contributed by atoms with Crippen molar-refractivity contribution in [1.29, 1.82) is 0 Å². The first-order chi connectivity index (χ1) is 7.99. The lowest BCUT2D eigenvalue weighted by Crippen LogP contribution is -2.01. The Hall–Kier alpha value is -0.640. The summed E-state index contributed by atoms with van der Waals surface area (Å²) >= 11 is 4.99. The first kappa shape index (κ1) is 12.8. The zero-order valence-electron chi connectivity index (χ0n) is 10.1. The molecule has 1 unspecified atom stereocenters. The van der Waals surface area contributed by atoms with E-state index >= 15 is 0 Å². The number of halogens is 1. The third kappa shape index (κ3) is 2.62. The van der Waals surface area contributed by atoms with Crippen LogP contribution in [0.2, 0.25) is 0 Å². The Labute approximate surface area is 114 Å². The molecule has 1 atom stereocenters. The number of hydrogen-bond acceptors (Lipinski definition) is 2. The van der Waals surface area contributed by atoms with Gasteiger partial charge in [-0.1, -0.05) is 12.1 Å². The Morgan fingerprint density at radius 3 is 2.29 bits per heavy atom. The normalized spacial score (nSPS) is 12.8. The van der Waals surface area contributed by atoms with Crippen LogP contribution in [0.3, 0.4) is 0 Å². The van der Waals surface area contributed by atoms with Crippen molar-refractivity contribution in [3.8, 4) is 0 Å². The highest BCUT2D eigenvalue weighted by Gasteiger charge is 2.15. The van der Waals surface area contributed by atoms with Gasteiger partial charge in [-0.3, -0.25) is 0 Å². The Bertz CT molecular complexity index is 545. The highest BCUT2D eigenvalue weighted by atomic mass is 79.9. The summed E-state index contributed by atoms with van der Waals surface area (Å²) in [5.41, 5.74) is 4.64. The molecular formula is C14H15BrOS. The van der Waals surface area contributed by atoms with Gasteiger partial charge in [0, 0.05) is 14.7 Å². The molecule has 0 aliphatic heterocycles. The number of thiophene rings is 1. The molecule has 0 aliphatic carbocycles. The Morgan fingerprint density at radius 1 is 1.06 bits per heavy atom. The van der Waals surface area contributed by atoms with E-state index in [1.807, 2.05) is 18.4 Å². The fourth-order valence-corrected chi connectivity index (χ4v) is 3.35. The summed E-state index contributed by atoms with van der Waals surface area (Å²) in [6.45, 7) is 6.23. The zero-order chi connectivity index (χ0) is 12.6. The predicted molar refractivity (Wildman–Crippen MR) is 76.7 cm³/mol. The maximum absolute atomic E-state index is 10.4. The maximum Gasteiger partial charge on any atom is 0.113 e. The van der Waals surface area contributed by atoms with Gasteiger partial charge in [0.2, 0.25) is 0 Å². The quantitative estimate of drug-likeness (QED) is 0.864. The molecule has 1 aromatic heterocycles. The minimum atomic E-state index is -0.523. The van der Waals surface area contributed by atoms with Crippen LogP contribution >= 0.6 is 27.3 Å². The monoisotopic (exact) mass is 310 g/mol. The molecule has 0 saturated heterocycles. The molecule has 0 bridgehead atoms. The van der Waals surface area contributed by atoms with Gasteiger partial charge < -0.3 is 5.11 Å². The number of rotatable bonds is 2. The molecule has 0 radical (unpaired) electrons. The first-order valence-corrected chi connectivity index (χ1v) is 7.16. The van der Waals surface area contributed by atoms with Gasteiger partial charge in [-0.05, 0) is 65.0 Å². The summed E-state index contributed by atoms with van der Waals surface area (Å²) in [4.78, 5) is 0.975. The maximum atomic E-state index is 10.4. The Morgan fingerprint density at radius 2 is 1.71 bits per heavy atom. The van der Waals surface area contributed by atoms with E-state index in [-0.39, 0.29) is 0 Å². The van der Waals surface area contributed by atoms with Crippen LogP contribution in [0.4, 0.5) is 0 Å². The summed E-state index contributed by atoms with van der Waals surface area (Å²) < 4.78 is 1.03. The summed E-state index contributed by atoms with van der Waals surface area (Å²) in [5.74, 6) is 0. The highest BCUT2D eigenvalue weighted by molar-refractivity contribution is 9.10. The zero-order valence-corrected chi connectivity index (χ0v) is 12.5. The van der Waals surface area contributed by atoms with Gasteiger partial charge >= 0.3 is 0 Å². The lowest BCUT2D eigenvalue weighted by molar-refractivity contribution is 0.223. The number of aliphatic hydroxyl groups is 1. The van der Waals surface area contributed by atoms with E-state index in [0.717, 1.165) is 20.5 Å². The molecule has 1 N–H and O–H groups in total. The molecule has 3 heteroatoms. The SMILES string of the molecule is Cc1cc(C)c(C(O)c2cc(Br)cs2)cc1C. The van der Waals surface area contributed by atoms with E-state index in [2.05, 4.69) is 41.9 Å². The number of aliphatic hydroxyl groups excluding tert-OH is 1. The Balaban J connectivity index is 2.43. The van der Waals surface area contributed by atoms with Crippen molar-refractivity contribution in [1.82, 2.24) is 0 Å². The van der Waals surface area contributed by atoms with Crippen molar-refractivity contribution in [3.05, 3.63) is 55.2 Å². The molecule has 0 fully saturated rings. The minimum absolute atomic E-state index is 0.523. The molecule has 0 spiro atoms. The molecule has 2 aromatic rings. The molecule has 1 heterocycles. The summed E-state index contributed by atoms with van der Waals surface area (Å²) in [6.07, 6.45) is -0.523. The van der Waals surface area contributed by atoms with Crippen molar-refractivity contribution in [2.24, 2.45) is 0 Å². The van der Waals surface area contributed by atoms with E-state index < -0.39 is 6.10 Å². The van der Waals surface area contributed by atoms with Crippen LogP contribution in [-0.2, 0) is 0 Å². The van der Waals surface area contributed by atoms with Crippen molar-refractivity contribution in [2.45, 2.75) is 26.9 Å². The second kappa shape index (κ2) is 4.92. The van der Waals surface area contributed by atoms with Crippen LogP contribution in [0.1, 0.15) is 33.2 Å². The van der Waals surface area contributed by atoms with Crippen LogP contribution in [-0.4, -0.2) is 5.11 Å². The van der Waals surface area contributed by atoms with E-state index in [1.165, 1.54) is 11.1 Å². The fraction of sp³-hybridized carbons (Fsp3) is 0.286. The minimum Gasteiger partial charge on any atom is -0.383 e. The molecule has 1 aromatic carbocycles. The lowest BCUT2D eigenvalue weighted by atomic mass is 9.96. The second-order valence-corrected chi connectivity index (χ2v) is 6.22. The number of benzene rings is 1. The van der Waals surface area contributed by atoms with Gasteiger partial charge in [-0.25, -0.2) is 0 Å². The van der Waals surface area contributed by atoms with E-state index in [4.69, 9.17) is 0 Å². The average Bonchev–Trinajstić information content (AvgIpc) is 2.69. The molecule has 0 saturated carbocycles. The standard InChI is InChI=1S/C14H15BrOS/c1-8-4-10(3)12(5-9(8)2)14(16)13-6-11(15)7-17-13/h4-7,14,16H,1-3H3. The average molecular weight is 311 g/mol. The van der Waals surface area contributed by atoms with E-state index in [1.54, 1.807) is 11.3 Å². The highest BCUT2D eigenvalue weighted by Crippen LogP contribution is 2.32. The van der Waals surface area contributed by atoms with Crippen LogP contribution < -0.4 is 0 Å². The summed E-state index contributed by atoms with van der Waals surface area (Å²) in [5, 5.41) is 12.4. The largest absolute Gasteiger partial charge is 0.383 e.